The van der Waals surface area contributed by atoms with Crippen LogP contribution in [0.1, 0.15) is 47.4 Å². The fourth-order valence-corrected chi connectivity index (χ4v) is 6.31. The van der Waals surface area contributed by atoms with Crippen LogP contribution in [0.2, 0.25) is 0 Å². The quantitative estimate of drug-likeness (QED) is 0.388. The maximum Gasteiger partial charge on any atom is 0.186 e. The second-order valence-corrected chi connectivity index (χ2v) is 9.79. The van der Waals surface area contributed by atoms with Crippen LogP contribution < -0.4 is 9.47 Å². The van der Waals surface area contributed by atoms with Gasteiger partial charge in [0.2, 0.25) is 0 Å². The van der Waals surface area contributed by atoms with Crippen LogP contribution in [0.4, 0.5) is 0 Å². The Hall–Kier alpha value is -3.38. The number of hydrogen-bond acceptors (Lipinski definition) is 5. The zero-order valence-electron chi connectivity index (χ0n) is 20.5. The summed E-state index contributed by atoms with van der Waals surface area (Å²) in [6.45, 7) is 4.13. The maximum absolute atomic E-state index is 14.1. The number of aromatic amines is 1. The number of hydrogen-bond donors (Lipinski definition) is 1. The number of carbonyl (C=O) groups is 1. The Bertz CT molecular complexity index is 1430. The lowest BCUT2D eigenvalue weighted by atomic mass is 9.73. The van der Waals surface area contributed by atoms with Crippen LogP contribution in [0.25, 0.3) is 21.8 Å². The van der Waals surface area contributed by atoms with Gasteiger partial charge in [0, 0.05) is 47.5 Å². The average molecular weight is 470 g/mol. The molecule has 0 unspecified atom stereocenters. The van der Waals surface area contributed by atoms with E-state index in [2.05, 4.69) is 46.1 Å². The number of nitrogens with zero attached hydrogens (tertiary/aromatic N) is 2. The summed E-state index contributed by atoms with van der Waals surface area (Å²) in [7, 11) is 3.36. The Morgan fingerprint density at radius 1 is 1.11 bits per heavy atom. The molecule has 180 valence electrons. The fraction of sp³-hybridized carbons (Fsp3) is 0.379. The van der Waals surface area contributed by atoms with E-state index in [0.717, 1.165) is 65.7 Å². The van der Waals surface area contributed by atoms with E-state index in [1.54, 1.807) is 20.4 Å². The summed E-state index contributed by atoms with van der Waals surface area (Å²) < 4.78 is 11.2. The number of Topliss-reactive ketones (excluding diaryl/α,β-unsaturated/α-hetero) is 1. The van der Waals surface area contributed by atoms with E-state index < -0.39 is 0 Å². The van der Waals surface area contributed by atoms with E-state index in [-0.39, 0.29) is 17.7 Å². The van der Waals surface area contributed by atoms with Crippen LogP contribution in [0.5, 0.6) is 11.5 Å². The van der Waals surface area contributed by atoms with Gasteiger partial charge in [0.25, 0.3) is 0 Å². The number of benzene rings is 2. The smallest absolute Gasteiger partial charge is 0.186 e. The van der Waals surface area contributed by atoms with Crippen molar-refractivity contribution in [3.8, 4) is 11.5 Å². The van der Waals surface area contributed by atoms with Crippen molar-refractivity contribution in [3.05, 3.63) is 65.5 Å². The van der Waals surface area contributed by atoms with E-state index >= 15 is 0 Å². The van der Waals surface area contributed by atoms with Crippen molar-refractivity contribution in [2.45, 2.75) is 32.2 Å². The van der Waals surface area contributed by atoms with Gasteiger partial charge in [0.15, 0.2) is 17.3 Å². The first-order valence-electron chi connectivity index (χ1n) is 12.5. The molecule has 0 radical (unpaired) electrons. The summed E-state index contributed by atoms with van der Waals surface area (Å²) in [5.74, 6) is 1.90. The summed E-state index contributed by atoms with van der Waals surface area (Å²) in [5, 5.41) is 2.19. The lowest BCUT2D eigenvalue weighted by molar-refractivity contribution is 0.0432. The van der Waals surface area contributed by atoms with Gasteiger partial charge in [0.1, 0.15) is 5.69 Å². The highest BCUT2D eigenvalue weighted by atomic mass is 16.5. The van der Waals surface area contributed by atoms with Gasteiger partial charge < -0.3 is 14.5 Å². The molecular weight excluding hydrogens is 438 g/mol. The topological polar surface area (TPSA) is 67.5 Å². The molecule has 0 aliphatic carbocycles. The highest BCUT2D eigenvalue weighted by molar-refractivity contribution is 6.14. The minimum absolute atomic E-state index is 0.0789. The van der Waals surface area contributed by atoms with Crippen molar-refractivity contribution in [1.82, 2.24) is 14.9 Å². The maximum atomic E-state index is 14.1. The van der Waals surface area contributed by atoms with Gasteiger partial charge in [-0.3, -0.25) is 14.7 Å². The summed E-state index contributed by atoms with van der Waals surface area (Å²) in [5.41, 5.74) is 5.01. The van der Waals surface area contributed by atoms with Crippen LogP contribution in [-0.2, 0) is 6.42 Å². The highest BCUT2D eigenvalue weighted by Gasteiger charge is 2.42. The first-order chi connectivity index (χ1) is 17.1. The van der Waals surface area contributed by atoms with E-state index in [4.69, 9.17) is 9.47 Å². The predicted octanol–water partition coefficient (Wildman–Crippen LogP) is 5.56. The Morgan fingerprint density at radius 2 is 1.91 bits per heavy atom. The first kappa shape index (κ1) is 22.1. The minimum atomic E-state index is -0.0789. The van der Waals surface area contributed by atoms with Crippen LogP contribution >= 0.6 is 0 Å². The Kier molecular flexibility index (Phi) is 5.49. The molecule has 3 atom stereocenters. The Morgan fingerprint density at radius 3 is 2.71 bits per heavy atom. The summed E-state index contributed by atoms with van der Waals surface area (Å²) in [4.78, 5) is 24.8. The number of methoxy groups -OCH3 is 2. The Labute approximate surface area is 205 Å². The van der Waals surface area contributed by atoms with Crippen LogP contribution in [0.15, 0.2) is 48.7 Å². The third-order valence-electron chi connectivity index (χ3n) is 8.15. The molecule has 0 saturated carbocycles. The standard InChI is InChI=1S/C29H31N3O3/c1-4-17-16-32-12-10-18-13-25(34-2)26(35-3)15-21(18)24(32)14-22(17)29(33)28-27-20(9-11-30-28)19-7-5-6-8-23(19)31-27/h5-9,11,13,15,17,22,24,31H,4,10,12,14,16H2,1-3H3/t17-,22-,24-/m0/s1. The lowest BCUT2D eigenvalue weighted by Crippen LogP contribution is -2.47. The van der Waals surface area contributed by atoms with Gasteiger partial charge in [0.05, 0.1) is 19.7 Å². The van der Waals surface area contributed by atoms with Crippen molar-refractivity contribution in [1.29, 1.82) is 0 Å². The van der Waals surface area contributed by atoms with Gasteiger partial charge in [-0.15, -0.1) is 0 Å². The number of para-hydroxylation sites is 1. The summed E-state index contributed by atoms with van der Waals surface area (Å²) in [6.07, 6.45) is 4.52. The summed E-state index contributed by atoms with van der Waals surface area (Å²) in [6, 6.07) is 14.6. The van der Waals surface area contributed by atoms with E-state index in [0.29, 0.717) is 11.6 Å². The molecule has 6 rings (SSSR count). The van der Waals surface area contributed by atoms with Crippen LogP contribution in [-0.4, -0.2) is 48.0 Å². The van der Waals surface area contributed by atoms with Crippen molar-refractivity contribution >= 4 is 27.6 Å². The number of pyridine rings is 1. The number of H-pyrrole nitrogens is 1. The zero-order valence-corrected chi connectivity index (χ0v) is 20.5. The normalized spacial score (nSPS) is 22.1. The molecule has 1 fully saturated rings. The number of ketones is 1. The van der Waals surface area contributed by atoms with Crippen molar-refractivity contribution < 1.29 is 14.3 Å². The fourth-order valence-electron chi connectivity index (χ4n) is 6.31. The molecule has 6 heteroatoms. The van der Waals surface area contributed by atoms with Crippen molar-refractivity contribution in [2.75, 3.05) is 27.3 Å². The number of aromatic nitrogens is 2. The molecule has 2 aliphatic rings. The number of ether oxygens (including phenoxy) is 2. The van der Waals surface area contributed by atoms with Crippen molar-refractivity contribution in [3.63, 3.8) is 0 Å². The second kappa shape index (κ2) is 8.68. The van der Waals surface area contributed by atoms with Crippen molar-refractivity contribution in [2.24, 2.45) is 11.8 Å². The molecule has 4 aromatic rings. The van der Waals surface area contributed by atoms with E-state index in [1.165, 1.54) is 11.1 Å². The third kappa shape index (κ3) is 3.50. The predicted molar refractivity (Wildman–Crippen MR) is 137 cm³/mol. The molecule has 2 aliphatic heterocycles. The molecular formula is C29H31N3O3. The molecule has 6 nitrogen and oxygen atoms in total. The zero-order chi connectivity index (χ0) is 24.1. The minimum Gasteiger partial charge on any atom is -0.493 e. The largest absolute Gasteiger partial charge is 0.493 e. The number of carbonyl (C=O) groups excluding carboxylic acids is 1. The van der Waals surface area contributed by atoms with E-state index in [1.807, 2.05) is 18.2 Å². The number of nitrogens with one attached hydrogen (secondary N) is 1. The van der Waals surface area contributed by atoms with Gasteiger partial charge in [-0.05, 0) is 54.2 Å². The number of piperidine rings is 1. The molecule has 4 heterocycles. The highest BCUT2D eigenvalue weighted by Crippen LogP contribution is 2.46. The number of fused-ring (bicyclic) bond motifs is 6. The van der Waals surface area contributed by atoms with Crippen LogP contribution in [0.3, 0.4) is 0 Å². The molecule has 35 heavy (non-hydrogen) atoms. The molecule has 1 N–H and O–H groups in total. The number of rotatable bonds is 5. The first-order valence-corrected chi connectivity index (χ1v) is 12.5. The second-order valence-electron chi connectivity index (χ2n) is 9.79. The van der Waals surface area contributed by atoms with Gasteiger partial charge in [-0.1, -0.05) is 31.5 Å². The molecule has 0 spiro atoms. The van der Waals surface area contributed by atoms with Gasteiger partial charge >= 0.3 is 0 Å². The molecule has 0 bridgehead atoms. The molecule has 2 aromatic carbocycles. The summed E-state index contributed by atoms with van der Waals surface area (Å²) >= 11 is 0. The van der Waals surface area contributed by atoms with Gasteiger partial charge in [-0.25, -0.2) is 0 Å². The SMILES string of the molecule is CC[C@H]1CN2CCc3cc(OC)c(OC)cc3[C@@H]2C[C@@H]1C(=O)c1nccc2c1[nH]c1ccccc12. The third-order valence-corrected chi connectivity index (χ3v) is 8.15. The molecule has 2 aromatic heterocycles. The lowest BCUT2D eigenvalue weighted by Gasteiger charge is -2.46. The van der Waals surface area contributed by atoms with Crippen LogP contribution in [0, 0.1) is 11.8 Å². The molecule has 0 amide bonds. The van der Waals surface area contributed by atoms with Gasteiger partial charge in [-0.2, -0.15) is 0 Å². The molecule has 1 saturated heterocycles. The van der Waals surface area contributed by atoms with E-state index in [9.17, 15) is 4.79 Å². The average Bonchev–Trinajstić information content (AvgIpc) is 3.29. The Balaban J connectivity index is 1.40. The monoisotopic (exact) mass is 469 g/mol.